The normalized spacial score (nSPS) is 10.7. The molecule has 2 rings (SSSR count). The van der Waals surface area contributed by atoms with E-state index in [9.17, 15) is 0 Å². The molecule has 0 bridgehead atoms. The SMILES string of the molecule is CNCc1ccc(COc2c(Cl)cc(Cl)cc2Cl)o1. The van der Waals surface area contributed by atoms with Crippen molar-refractivity contribution in [3.05, 3.63) is 50.9 Å². The van der Waals surface area contributed by atoms with E-state index in [2.05, 4.69) is 5.32 Å². The fraction of sp³-hybridized carbons (Fsp3) is 0.231. The van der Waals surface area contributed by atoms with Gasteiger partial charge in [-0.05, 0) is 31.3 Å². The smallest absolute Gasteiger partial charge is 0.157 e. The number of rotatable bonds is 5. The second-order valence-corrected chi connectivity index (χ2v) is 5.14. The second kappa shape index (κ2) is 6.53. The number of nitrogens with one attached hydrogen (secondary N) is 1. The van der Waals surface area contributed by atoms with Crippen LogP contribution in [0.5, 0.6) is 5.75 Å². The summed E-state index contributed by atoms with van der Waals surface area (Å²) >= 11 is 17.9. The molecule has 0 spiro atoms. The summed E-state index contributed by atoms with van der Waals surface area (Å²) < 4.78 is 11.1. The van der Waals surface area contributed by atoms with Crippen LogP contribution in [-0.2, 0) is 13.2 Å². The molecule has 0 atom stereocenters. The first-order chi connectivity index (χ1) is 9.10. The first-order valence-electron chi connectivity index (χ1n) is 5.59. The number of furan rings is 1. The van der Waals surface area contributed by atoms with Gasteiger partial charge in [0.05, 0.1) is 16.6 Å². The van der Waals surface area contributed by atoms with Gasteiger partial charge in [-0.2, -0.15) is 0 Å². The topological polar surface area (TPSA) is 34.4 Å². The summed E-state index contributed by atoms with van der Waals surface area (Å²) in [5.74, 6) is 1.95. The highest BCUT2D eigenvalue weighted by Crippen LogP contribution is 2.36. The molecule has 0 aliphatic rings. The van der Waals surface area contributed by atoms with Crippen LogP contribution in [0, 0.1) is 0 Å². The van der Waals surface area contributed by atoms with Crippen LogP contribution in [0.2, 0.25) is 15.1 Å². The van der Waals surface area contributed by atoms with Gasteiger partial charge < -0.3 is 14.5 Å². The van der Waals surface area contributed by atoms with E-state index in [0.29, 0.717) is 33.1 Å². The molecule has 2 aromatic rings. The third-order valence-electron chi connectivity index (χ3n) is 2.39. The Morgan fingerprint density at radius 3 is 2.37 bits per heavy atom. The van der Waals surface area contributed by atoms with Crippen molar-refractivity contribution < 1.29 is 9.15 Å². The molecule has 0 aliphatic carbocycles. The third-order valence-corrected chi connectivity index (χ3v) is 3.17. The van der Waals surface area contributed by atoms with E-state index in [1.807, 2.05) is 19.2 Å². The van der Waals surface area contributed by atoms with Crippen LogP contribution >= 0.6 is 34.8 Å². The fourth-order valence-corrected chi connectivity index (χ4v) is 2.51. The summed E-state index contributed by atoms with van der Waals surface area (Å²) in [7, 11) is 1.85. The number of hydrogen-bond acceptors (Lipinski definition) is 3. The Hall–Kier alpha value is -0.870. The van der Waals surface area contributed by atoms with Crippen LogP contribution in [0.25, 0.3) is 0 Å². The van der Waals surface area contributed by atoms with Crippen molar-refractivity contribution >= 4 is 34.8 Å². The van der Waals surface area contributed by atoms with Crippen molar-refractivity contribution in [3.63, 3.8) is 0 Å². The molecule has 0 fully saturated rings. The lowest BCUT2D eigenvalue weighted by molar-refractivity contribution is 0.265. The monoisotopic (exact) mass is 319 g/mol. The Kier molecular flexibility index (Phi) is 4.99. The zero-order valence-corrected chi connectivity index (χ0v) is 12.4. The molecule has 0 amide bonds. The van der Waals surface area contributed by atoms with Gasteiger partial charge in [-0.3, -0.25) is 0 Å². The summed E-state index contributed by atoms with van der Waals surface area (Å²) in [4.78, 5) is 0. The van der Waals surface area contributed by atoms with Gasteiger partial charge >= 0.3 is 0 Å². The molecular formula is C13H12Cl3NO2. The third kappa shape index (κ3) is 3.80. The molecule has 0 saturated heterocycles. The highest BCUT2D eigenvalue weighted by molar-refractivity contribution is 6.40. The van der Waals surface area contributed by atoms with Crippen LogP contribution in [0.3, 0.4) is 0 Å². The van der Waals surface area contributed by atoms with E-state index in [4.69, 9.17) is 44.0 Å². The van der Waals surface area contributed by atoms with Crippen molar-refractivity contribution in [1.82, 2.24) is 5.32 Å². The summed E-state index contributed by atoms with van der Waals surface area (Å²) in [6.07, 6.45) is 0. The van der Waals surface area contributed by atoms with Crippen molar-refractivity contribution in [3.8, 4) is 5.75 Å². The van der Waals surface area contributed by atoms with Gasteiger partial charge in [0, 0.05) is 5.02 Å². The number of ether oxygens (including phenoxy) is 1. The molecule has 1 N–H and O–H groups in total. The average molecular weight is 321 g/mol. The van der Waals surface area contributed by atoms with Crippen molar-refractivity contribution in [2.45, 2.75) is 13.2 Å². The zero-order valence-electron chi connectivity index (χ0n) is 10.2. The lowest BCUT2D eigenvalue weighted by Gasteiger charge is -2.09. The lowest BCUT2D eigenvalue weighted by atomic mass is 10.3. The predicted octanol–water partition coefficient (Wildman–Crippen LogP) is 4.54. The molecule has 0 unspecified atom stereocenters. The Bertz CT molecular complexity index is 546. The fourth-order valence-electron chi connectivity index (χ4n) is 1.58. The molecule has 1 aromatic carbocycles. The predicted molar refractivity (Wildman–Crippen MR) is 77.3 cm³/mol. The summed E-state index contributed by atoms with van der Waals surface area (Å²) in [5.41, 5.74) is 0. The van der Waals surface area contributed by atoms with E-state index in [1.54, 1.807) is 12.1 Å². The van der Waals surface area contributed by atoms with Crippen LogP contribution in [0.15, 0.2) is 28.7 Å². The molecule has 1 aromatic heterocycles. The minimum absolute atomic E-state index is 0.255. The highest BCUT2D eigenvalue weighted by atomic mass is 35.5. The van der Waals surface area contributed by atoms with E-state index in [-0.39, 0.29) is 6.61 Å². The minimum Gasteiger partial charge on any atom is -0.483 e. The van der Waals surface area contributed by atoms with E-state index in [1.165, 1.54) is 0 Å². The highest BCUT2D eigenvalue weighted by Gasteiger charge is 2.10. The molecule has 0 aliphatic heterocycles. The number of halogens is 3. The summed E-state index contributed by atoms with van der Waals surface area (Å²) in [5, 5.41) is 4.22. The van der Waals surface area contributed by atoms with Gasteiger partial charge in [-0.25, -0.2) is 0 Å². The Morgan fingerprint density at radius 1 is 1.11 bits per heavy atom. The molecular weight excluding hydrogens is 309 g/mol. The molecule has 102 valence electrons. The van der Waals surface area contributed by atoms with Gasteiger partial charge in [0.15, 0.2) is 5.75 Å². The van der Waals surface area contributed by atoms with Crippen LogP contribution < -0.4 is 10.1 Å². The Labute approximate surface area is 126 Å². The van der Waals surface area contributed by atoms with Gasteiger partial charge in [0.1, 0.15) is 18.1 Å². The Balaban J connectivity index is 2.05. The summed E-state index contributed by atoms with van der Waals surface area (Å²) in [6.45, 7) is 0.924. The van der Waals surface area contributed by atoms with Crippen LogP contribution in [-0.4, -0.2) is 7.05 Å². The van der Waals surface area contributed by atoms with Gasteiger partial charge in [0.25, 0.3) is 0 Å². The maximum Gasteiger partial charge on any atom is 0.157 e. The van der Waals surface area contributed by atoms with E-state index >= 15 is 0 Å². The second-order valence-electron chi connectivity index (χ2n) is 3.89. The van der Waals surface area contributed by atoms with E-state index in [0.717, 1.165) is 5.76 Å². The standard InChI is InChI=1S/C13H12Cl3NO2/c1-17-6-9-2-3-10(19-9)7-18-13-11(15)4-8(14)5-12(13)16/h2-5,17H,6-7H2,1H3. The van der Waals surface area contributed by atoms with Crippen molar-refractivity contribution in [1.29, 1.82) is 0 Å². The van der Waals surface area contributed by atoms with Crippen LogP contribution in [0.4, 0.5) is 0 Å². The van der Waals surface area contributed by atoms with Gasteiger partial charge in [-0.15, -0.1) is 0 Å². The van der Waals surface area contributed by atoms with Gasteiger partial charge in [-0.1, -0.05) is 34.8 Å². The van der Waals surface area contributed by atoms with Crippen molar-refractivity contribution in [2.75, 3.05) is 7.05 Å². The van der Waals surface area contributed by atoms with Crippen LogP contribution in [0.1, 0.15) is 11.5 Å². The van der Waals surface area contributed by atoms with Gasteiger partial charge in [0.2, 0.25) is 0 Å². The van der Waals surface area contributed by atoms with E-state index < -0.39 is 0 Å². The maximum atomic E-state index is 6.02. The molecule has 0 radical (unpaired) electrons. The van der Waals surface area contributed by atoms with Crippen molar-refractivity contribution in [2.24, 2.45) is 0 Å². The molecule has 6 heteroatoms. The first-order valence-corrected chi connectivity index (χ1v) is 6.73. The summed E-state index contributed by atoms with van der Waals surface area (Å²) in [6, 6.07) is 6.91. The minimum atomic E-state index is 0.255. The largest absolute Gasteiger partial charge is 0.483 e. The maximum absolute atomic E-state index is 6.02. The molecule has 0 saturated carbocycles. The zero-order chi connectivity index (χ0) is 13.8. The molecule has 19 heavy (non-hydrogen) atoms. The average Bonchev–Trinajstić information content (AvgIpc) is 2.76. The number of benzene rings is 1. The lowest BCUT2D eigenvalue weighted by Crippen LogP contribution is -2.03. The molecule has 3 nitrogen and oxygen atoms in total. The number of hydrogen-bond donors (Lipinski definition) is 1. The Morgan fingerprint density at radius 2 is 1.74 bits per heavy atom. The first kappa shape index (κ1) is 14.5. The molecule has 1 heterocycles. The quantitative estimate of drug-likeness (QED) is 0.878.